The lowest BCUT2D eigenvalue weighted by Gasteiger charge is -2.03. The van der Waals surface area contributed by atoms with E-state index < -0.39 is 0 Å². The van der Waals surface area contributed by atoms with Gasteiger partial charge in [0.1, 0.15) is 0 Å². The summed E-state index contributed by atoms with van der Waals surface area (Å²) in [5.74, 6) is 1.42. The molecule has 0 fully saturated rings. The number of aromatic nitrogens is 2. The SMILES string of the molecule is SCc1ccnc(-c2cc(CS)ccn2)c1. The molecule has 16 heavy (non-hydrogen) atoms. The molecule has 2 rings (SSSR count). The third kappa shape index (κ3) is 2.57. The van der Waals surface area contributed by atoms with E-state index in [0.29, 0.717) is 11.5 Å². The molecule has 0 bridgehead atoms. The Labute approximate surface area is 106 Å². The van der Waals surface area contributed by atoms with Crippen LogP contribution < -0.4 is 0 Å². The average Bonchev–Trinajstić information content (AvgIpc) is 2.39. The molecule has 0 aliphatic heterocycles. The number of nitrogens with zero attached hydrogens (tertiary/aromatic N) is 2. The van der Waals surface area contributed by atoms with E-state index in [9.17, 15) is 0 Å². The van der Waals surface area contributed by atoms with Gasteiger partial charge in [-0.3, -0.25) is 9.97 Å². The maximum Gasteiger partial charge on any atom is 0.0889 e. The summed E-state index contributed by atoms with van der Waals surface area (Å²) in [7, 11) is 0. The first-order valence-electron chi connectivity index (χ1n) is 4.95. The summed E-state index contributed by atoms with van der Waals surface area (Å²) >= 11 is 8.50. The van der Waals surface area contributed by atoms with Crippen molar-refractivity contribution in [3.63, 3.8) is 0 Å². The Balaban J connectivity index is 2.41. The van der Waals surface area contributed by atoms with E-state index >= 15 is 0 Å². The Hall–Kier alpha value is -1.00. The van der Waals surface area contributed by atoms with E-state index in [-0.39, 0.29) is 0 Å². The monoisotopic (exact) mass is 248 g/mol. The van der Waals surface area contributed by atoms with Crippen LogP contribution in [0.5, 0.6) is 0 Å². The molecular weight excluding hydrogens is 236 g/mol. The van der Waals surface area contributed by atoms with Gasteiger partial charge in [-0.2, -0.15) is 25.3 Å². The zero-order chi connectivity index (χ0) is 11.4. The molecule has 0 saturated heterocycles. The van der Waals surface area contributed by atoms with Crippen molar-refractivity contribution in [1.82, 2.24) is 9.97 Å². The zero-order valence-corrected chi connectivity index (χ0v) is 10.5. The van der Waals surface area contributed by atoms with Crippen molar-refractivity contribution >= 4 is 25.3 Å². The van der Waals surface area contributed by atoms with Crippen molar-refractivity contribution in [1.29, 1.82) is 0 Å². The number of pyridine rings is 2. The number of hydrogen-bond donors (Lipinski definition) is 2. The second-order valence-electron chi connectivity index (χ2n) is 3.41. The van der Waals surface area contributed by atoms with Gasteiger partial charge in [0, 0.05) is 23.9 Å². The van der Waals surface area contributed by atoms with Crippen molar-refractivity contribution < 1.29 is 0 Å². The molecule has 0 amide bonds. The largest absolute Gasteiger partial charge is 0.255 e. The van der Waals surface area contributed by atoms with Gasteiger partial charge in [0.25, 0.3) is 0 Å². The summed E-state index contributed by atoms with van der Waals surface area (Å²) in [5, 5.41) is 0. The maximum atomic E-state index is 4.31. The van der Waals surface area contributed by atoms with Crippen molar-refractivity contribution in [3.05, 3.63) is 47.8 Å². The van der Waals surface area contributed by atoms with Crippen LogP contribution in [-0.2, 0) is 11.5 Å². The summed E-state index contributed by atoms with van der Waals surface area (Å²) in [6.07, 6.45) is 3.58. The number of hydrogen-bond acceptors (Lipinski definition) is 4. The summed E-state index contributed by atoms with van der Waals surface area (Å²) in [5.41, 5.74) is 4.06. The molecule has 2 aromatic rings. The lowest BCUT2D eigenvalue weighted by Crippen LogP contribution is -1.90. The fourth-order valence-electron chi connectivity index (χ4n) is 1.43. The second kappa shape index (κ2) is 5.37. The molecule has 0 aliphatic rings. The van der Waals surface area contributed by atoms with Crippen LogP contribution in [-0.4, -0.2) is 9.97 Å². The Morgan fingerprint density at radius 3 is 1.62 bits per heavy atom. The standard InChI is InChI=1S/C12H12N2S2/c15-7-9-1-3-13-11(5-9)12-6-10(8-16)2-4-14-12/h1-6,15-16H,7-8H2. The van der Waals surface area contributed by atoms with Gasteiger partial charge in [-0.15, -0.1) is 0 Å². The molecule has 0 atom stereocenters. The summed E-state index contributed by atoms with van der Waals surface area (Å²) in [6, 6.07) is 7.94. The maximum absolute atomic E-state index is 4.31. The van der Waals surface area contributed by atoms with Crippen LogP contribution in [0.3, 0.4) is 0 Å². The van der Waals surface area contributed by atoms with Crippen LogP contribution >= 0.6 is 25.3 Å². The highest BCUT2D eigenvalue weighted by Crippen LogP contribution is 2.18. The third-order valence-corrected chi connectivity index (χ3v) is 3.01. The van der Waals surface area contributed by atoms with Gasteiger partial charge in [-0.05, 0) is 35.4 Å². The van der Waals surface area contributed by atoms with Crippen LogP contribution in [0.2, 0.25) is 0 Å². The Morgan fingerprint density at radius 2 is 1.25 bits per heavy atom. The van der Waals surface area contributed by atoms with Gasteiger partial charge < -0.3 is 0 Å². The van der Waals surface area contributed by atoms with Crippen LogP contribution in [0.4, 0.5) is 0 Å². The van der Waals surface area contributed by atoms with Crippen molar-refractivity contribution in [2.45, 2.75) is 11.5 Å². The van der Waals surface area contributed by atoms with E-state index in [4.69, 9.17) is 0 Å². The highest BCUT2D eigenvalue weighted by atomic mass is 32.1. The summed E-state index contributed by atoms with van der Waals surface area (Å²) in [6.45, 7) is 0. The molecule has 82 valence electrons. The van der Waals surface area contributed by atoms with Crippen molar-refractivity contribution in [3.8, 4) is 11.4 Å². The van der Waals surface area contributed by atoms with Gasteiger partial charge >= 0.3 is 0 Å². The van der Waals surface area contributed by atoms with E-state index in [0.717, 1.165) is 22.5 Å². The molecular formula is C12H12N2S2. The minimum absolute atomic E-state index is 0.710. The number of rotatable bonds is 3. The molecule has 0 radical (unpaired) electrons. The topological polar surface area (TPSA) is 25.8 Å². The van der Waals surface area contributed by atoms with Gasteiger partial charge in [-0.25, -0.2) is 0 Å². The Bertz CT molecular complexity index is 440. The molecule has 0 aromatic carbocycles. The van der Waals surface area contributed by atoms with Crippen molar-refractivity contribution in [2.75, 3.05) is 0 Å². The molecule has 0 N–H and O–H groups in total. The highest BCUT2D eigenvalue weighted by Gasteiger charge is 2.02. The second-order valence-corrected chi connectivity index (χ2v) is 4.05. The lowest BCUT2D eigenvalue weighted by atomic mass is 10.1. The van der Waals surface area contributed by atoms with E-state index in [1.807, 2.05) is 24.3 Å². The fraction of sp³-hybridized carbons (Fsp3) is 0.167. The molecule has 4 heteroatoms. The quantitative estimate of drug-likeness (QED) is 0.817. The minimum Gasteiger partial charge on any atom is -0.255 e. The molecule has 2 aromatic heterocycles. The smallest absolute Gasteiger partial charge is 0.0889 e. The van der Waals surface area contributed by atoms with E-state index in [1.165, 1.54) is 0 Å². The summed E-state index contributed by atoms with van der Waals surface area (Å²) < 4.78 is 0. The highest BCUT2D eigenvalue weighted by molar-refractivity contribution is 7.79. The minimum atomic E-state index is 0.710. The van der Waals surface area contributed by atoms with Crippen LogP contribution in [0, 0.1) is 0 Å². The fourth-order valence-corrected chi connectivity index (χ4v) is 1.82. The van der Waals surface area contributed by atoms with Crippen molar-refractivity contribution in [2.24, 2.45) is 0 Å². The van der Waals surface area contributed by atoms with Gasteiger partial charge in [0.05, 0.1) is 11.4 Å². The number of thiol groups is 2. The molecule has 0 saturated carbocycles. The van der Waals surface area contributed by atoms with Gasteiger partial charge in [0.15, 0.2) is 0 Å². The Morgan fingerprint density at radius 1 is 0.812 bits per heavy atom. The molecule has 0 unspecified atom stereocenters. The molecule has 0 spiro atoms. The first kappa shape index (κ1) is 11.5. The Kier molecular flexibility index (Phi) is 3.85. The van der Waals surface area contributed by atoms with Gasteiger partial charge in [0.2, 0.25) is 0 Å². The predicted octanol–water partition coefficient (Wildman–Crippen LogP) is 3.00. The first-order chi connectivity index (χ1) is 7.83. The predicted molar refractivity (Wildman–Crippen MR) is 72.8 cm³/mol. The van der Waals surface area contributed by atoms with E-state index in [1.54, 1.807) is 12.4 Å². The van der Waals surface area contributed by atoms with Crippen LogP contribution in [0.15, 0.2) is 36.7 Å². The summed E-state index contributed by atoms with van der Waals surface area (Å²) in [4.78, 5) is 8.62. The average molecular weight is 248 g/mol. The first-order valence-corrected chi connectivity index (χ1v) is 6.22. The lowest BCUT2D eigenvalue weighted by molar-refractivity contribution is 1.21. The molecule has 0 aliphatic carbocycles. The third-order valence-electron chi connectivity index (χ3n) is 2.28. The van der Waals surface area contributed by atoms with Gasteiger partial charge in [-0.1, -0.05) is 0 Å². The van der Waals surface area contributed by atoms with Crippen LogP contribution in [0.25, 0.3) is 11.4 Å². The molecule has 2 nitrogen and oxygen atoms in total. The normalized spacial score (nSPS) is 10.4. The van der Waals surface area contributed by atoms with Crippen LogP contribution in [0.1, 0.15) is 11.1 Å². The zero-order valence-electron chi connectivity index (χ0n) is 8.67. The molecule has 2 heterocycles. The van der Waals surface area contributed by atoms with E-state index in [2.05, 4.69) is 35.2 Å².